The van der Waals surface area contributed by atoms with Crippen LogP contribution in [0.1, 0.15) is 30.5 Å². The molecular weight excluding hydrogens is 460 g/mol. The molecule has 1 unspecified atom stereocenters. The van der Waals surface area contributed by atoms with E-state index >= 15 is 0 Å². The number of aryl methyl sites for hydroxylation is 2. The normalized spacial score (nSPS) is 12.0. The highest BCUT2D eigenvalue weighted by Crippen LogP contribution is 2.36. The molecule has 0 saturated heterocycles. The first-order valence-corrected chi connectivity index (χ1v) is 10.2. The molecule has 0 saturated carbocycles. The molecule has 1 N–H and O–H groups in total. The zero-order valence-corrected chi connectivity index (χ0v) is 19.3. The van der Waals surface area contributed by atoms with Crippen molar-refractivity contribution in [1.82, 2.24) is 5.43 Å². The molecule has 156 valence electrons. The number of nitrogens with zero attached hydrogens (tertiary/aromatic N) is 1. The van der Waals surface area contributed by atoms with Gasteiger partial charge in [-0.15, -0.1) is 0 Å². The van der Waals surface area contributed by atoms with Crippen molar-refractivity contribution >= 4 is 39.7 Å². The van der Waals surface area contributed by atoms with Gasteiger partial charge in [0, 0.05) is 5.02 Å². The van der Waals surface area contributed by atoms with Gasteiger partial charge in [-0.2, -0.15) is 5.10 Å². The summed E-state index contributed by atoms with van der Waals surface area (Å²) in [5, 5.41) is 4.69. The van der Waals surface area contributed by atoms with Crippen molar-refractivity contribution in [2.45, 2.75) is 33.8 Å². The molecule has 2 aromatic carbocycles. The molecular formula is C21H24BrClN2O4. The van der Waals surface area contributed by atoms with Crippen molar-refractivity contribution in [2.24, 2.45) is 5.10 Å². The largest absolute Gasteiger partial charge is 0.493 e. The Morgan fingerprint density at radius 1 is 1.28 bits per heavy atom. The Kier molecular flexibility index (Phi) is 8.34. The number of amides is 1. The van der Waals surface area contributed by atoms with E-state index in [1.165, 1.54) is 6.21 Å². The van der Waals surface area contributed by atoms with Crippen LogP contribution in [0.15, 0.2) is 33.8 Å². The predicted molar refractivity (Wildman–Crippen MR) is 119 cm³/mol. The average Bonchev–Trinajstić information content (AvgIpc) is 2.67. The Morgan fingerprint density at radius 2 is 1.93 bits per heavy atom. The highest BCUT2D eigenvalue weighted by atomic mass is 79.9. The van der Waals surface area contributed by atoms with Gasteiger partial charge >= 0.3 is 0 Å². The summed E-state index contributed by atoms with van der Waals surface area (Å²) in [6.07, 6.45) is 0.790. The first kappa shape index (κ1) is 23.0. The molecule has 6 nitrogen and oxygen atoms in total. The summed E-state index contributed by atoms with van der Waals surface area (Å²) in [4.78, 5) is 12.3. The van der Waals surface area contributed by atoms with Gasteiger partial charge in [0.15, 0.2) is 17.6 Å². The molecule has 0 heterocycles. The minimum atomic E-state index is -0.728. The minimum Gasteiger partial charge on any atom is -0.493 e. The van der Waals surface area contributed by atoms with Gasteiger partial charge in [0.2, 0.25) is 0 Å². The quantitative estimate of drug-likeness (QED) is 0.422. The lowest BCUT2D eigenvalue weighted by Crippen LogP contribution is -2.33. The monoisotopic (exact) mass is 482 g/mol. The molecule has 1 amide bonds. The van der Waals surface area contributed by atoms with E-state index in [1.54, 1.807) is 32.2 Å². The molecule has 0 spiro atoms. The van der Waals surface area contributed by atoms with Crippen molar-refractivity contribution in [3.63, 3.8) is 0 Å². The van der Waals surface area contributed by atoms with E-state index in [0.29, 0.717) is 28.9 Å². The number of benzene rings is 2. The van der Waals surface area contributed by atoms with Crippen LogP contribution in [0.2, 0.25) is 5.02 Å². The number of carbonyl (C=O) groups is 1. The number of methoxy groups -OCH3 is 1. The number of hydrogen-bond donors (Lipinski definition) is 1. The summed E-state index contributed by atoms with van der Waals surface area (Å²) >= 11 is 9.62. The zero-order valence-electron chi connectivity index (χ0n) is 17.0. The molecule has 0 aliphatic rings. The lowest BCUT2D eigenvalue weighted by Gasteiger charge is -2.15. The summed E-state index contributed by atoms with van der Waals surface area (Å²) < 4.78 is 17.3. The zero-order chi connectivity index (χ0) is 21.6. The van der Waals surface area contributed by atoms with E-state index in [2.05, 4.69) is 26.5 Å². The number of ether oxygens (including phenoxy) is 3. The standard InChI is InChI=1S/C21H24BrClN2O4/c1-6-28-20-17(22)9-15(10-18(20)27-5)11-24-25-21(26)14(4)29-16-7-12(2)19(23)13(3)8-16/h7-11,14H,6H2,1-5H3,(H,25,26)/b24-11+. The molecule has 2 aromatic rings. The third-order valence-corrected chi connectivity index (χ3v) is 5.21. The molecule has 0 aromatic heterocycles. The fraction of sp³-hybridized carbons (Fsp3) is 0.333. The second kappa shape index (κ2) is 10.5. The number of rotatable bonds is 8. The van der Waals surface area contributed by atoms with Crippen LogP contribution in [0.25, 0.3) is 0 Å². The lowest BCUT2D eigenvalue weighted by molar-refractivity contribution is -0.127. The van der Waals surface area contributed by atoms with E-state index in [4.69, 9.17) is 25.8 Å². The lowest BCUT2D eigenvalue weighted by atomic mass is 10.1. The van der Waals surface area contributed by atoms with Gasteiger partial charge in [-0.25, -0.2) is 5.43 Å². The number of halogens is 2. The molecule has 1 atom stereocenters. The van der Waals surface area contributed by atoms with E-state index in [-0.39, 0.29) is 5.91 Å². The number of carbonyl (C=O) groups excluding carboxylic acids is 1. The summed E-state index contributed by atoms with van der Waals surface area (Å²) in [7, 11) is 1.56. The maximum Gasteiger partial charge on any atom is 0.280 e. The Bertz CT molecular complexity index is 895. The van der Waals surface area contributed by atoms with Crippen LogP contribution in [0.3, 0.4) is 0 Å². The second-order valence-corrected chi connectivity index (χ2v) is 7.56. The number of hydrazone groups is 1. The highest BCUT2D eigenvalue weighted by Gasteiger charge is 2.15. The third kappa shape index (κ3) is 6.11. The first-order chi connectivity index (χ1) is 13.8. The Labute approximate surface area is 184 Å². The minimum absolute atomic E-state index is 0.372. The van der Waals surface area contributed by atoms with Gasteiger partial charge in [0.05, 0.1) is 24.4 Å². The maximum absolute atomic E-state index is 12.3. The van der Waals surface area contributed by atoms with E-state index in [0.717, 1.165) is 21.2 Å². The van der Waals surface area contributed by atoms with Crippen LogP contribution in [0.4, 0.5) is 0 Å². The Morgan fingerprint density at radius 3 is 2.52 bits per heavy atom. The average molecular weight is 484 g/mol. The van der Waals surface area contributed by atoms with E-state index in [9.17, 15) is 4.79 Å². The summed E-state index contributed by atoms with van der Waals surface area (Å²) in [6.45, 7) is 7.84. The van der Waals surface area contributed by atoms with Crippen LogP contribution >= 0.6 is 27.5 Å². The number of nitrogens with one attached hydrogen (secondary N) is 1. The van der Waals surface area contributed by atoms with Gasteiger partial charge in [-0.3, -0.25) is 4.79 Å². The Balaban J connectivity index is 2.02. The predicted octanol–water partition coefficient (Wildman–Crippen LogP) is 5.04. The van der Waals surface area contributed by atoms with Crippen LogP contribution < -0.4 is 19.6 Å². The van der Waals surface area contributed by atoms with Crippen molar-refractivity contribution in [1.29, 1.82) is 0 Å². The molecule has 0 fully saturated rings. The first-order valence-electron chi connectivity index (χ1n) is 9.03. The fourth-order valence-corrected chi connectivity index (χ4v) is 3.28. The van der Waals surface area contributed by atoms with Crippen LogP contribution in [0.5, 0.6) is 17.2 Å². The summed E-state index contributed by atoms with van der Waals surface area (Å²) in [5.74, 6) is 1.39. The fourth-order valence-electron chi connectivity index (χ4n) is 2.59. The molecule has 0 aliphatic carbocycles. The topological polar surface area (TPSA) is 69.2 Å². The van der Waals surface area contributed by atoms with E-state index < -0.39 is 6.10 Å². The van der Waals surface area contributed by atoms with Crippen LogP contribution in [-0.4, -0.2) is 31.9 Å². The molecule has 2 rings (SSSR count). The molecule has 0 bridgehead atoms. The molecule has 0 aliphatic heterocycles. The van der Waals surface area contributed by atoms with Crippen LogP contribution in [-0.2, 0) is 4.79 Å². The third-order valence-electron chi connectivity index (χ3n) is 4.02. The highest BCUT2D eigenvalue weighted by molar-refractivity contribution is 9.10. The second-order valence-electron chi connectivity index (χ2n) is 6.33. The molecule has 29 heavy (non-hydrogen) atoms. The van der Waals surface area contributed by atoms with Gasteiger partial charge in [-0.05, 0) is 84.6 Å². The molecule has 8 heteroatoms. The van der Waals surface area contributed by atoms with Gasteiger partial charge in [-0.1, -0.05) is 11.6 Å². The smallest absolute Gasteiger partial charge is 0.280 e. The number of hydrogen-bond acceptors (Lipinski definition) is 5. The summed E-state index contributed by atoms with van der Waals surface area (Å²) in [5.41, 5.74) is 4.99. The summed E-state index contributed by atoms with van der Waals surface area (Å²) in [6, 6.07) is 7.19. The SMILES string of the molecule is CCOc1c(Br)cc(/C=N/NC(=O)C(C)Oc2cc(C)c(Cl)c(C)c2)cc1OC. The van der Waals surface area contributed by atoms with E-state index in [1.807, 2.05) is 26.8 Å². The van der Waals surface area contributed by atoms with Gasteiger partial charge in [0.25, 0.3) is 5.91 Å². The molecule has 0 radical (unpaired) electrons. The van der Waals surface area contributed by atoms with Crippen LogP contribution in [0, 0.1) is 13.8 Å². The maximum atomic E-state index is 12.3. The van der Waals surface area contributed by atoms with Crippen molar-refractivity contribution in [3.05, 3.63) is 50.5 Å². The van der Waals surface area contributed by atoms with Gasteiger partial charge < -0.3 is 14.2 Å². The Hall–Kier alpha value is -2.25. The van der Waals surface area contributed by atoms with Crippen molar-refractivity contribution in [2.75, 3.05) is 13.7 Å². The van der Waals surface area contributed by atoms with Crippen molar-refractivity contribution in [3.8, 4) is 17.2 Å². The van der Waals surface area contributed by atoms with Gasteiger partial charge in [0.1, 0.15) is 5.75 Å². The van der Waals surface area contributed by atoms with Crippen molar-refractivity contribution < 1.29 is 19.0 Å².